The second kappa shape index (κ2) is 9.66. The van der Waals surface area contributed by atoms with Crippen molar-refractivity contribution < 1.29 is 14.3 Å². The van der Waals surface area contributed by atoms with Gasteiger partial charge in [0.15, 0.2) is 11.5 Å². The van der Waals surface area contributed by atoms with Crippen LogP contribution >= 0.6 is 11.6 Å². The van der Waals surface area contributed by atoms with Gasteiger partial charge in [-0.3, -0.25) is 4.79 Å². The first kappa shape index (κ1) is 19.6. The molecule has 1 aromatic carbocycles. The van der Waals surface area contributed by atoms with E-state index in [1.807, 2.05) is 0 Å². The van der Waals surface area contributed by atoms with Gasteiger partial charge in [0.2, 0.25) is 0 Å². The number of benzene rings is 1. The molecule has 0 atom stereocenters. The summed E-state index contributed by atoms with van der Waals surface area (Å²) < 4.78 is 11.1. The van der Waals surface area contributed by atoms with E-state index < -0.39 is 0 Å². The molecule has 0 bridgehead atoms. The lowest BCUT2D eigenvalue weighted by atomic mass is 10.1. The van der Waals surface area contributed by atoms with Crippen LogP contribution < -0.4 is 9.47 Å². The maximum Gasteiger partial charge on any atom is 0.253 e. The molecule has 5 heteroatoms. The zero-order valence-electron chi connectivity index (χ0n) is 14.8. The Kier molecular flexibility index (Phi) is 8.24. The van der Waals surface area contributed by atoms with Gasteiger partial charge < -0.3 is 14.4 Å². The van der Waals surface area contributed by atoms with E-state index in [2.05, 4.69) is 20.8 Å². The SMILES string of the molecule is CCCCN(C)C(=O)c1cc(Cl)c(OCCC(C)C)c(OC)c1. The van der Waals surface area contributed by atoms with Crippen LogP contribution in [0, 0.1) is 5.92 Å². The number of unbranched alkanes of at least 4 members (excludes halogenated alkanes) is 1. The van der Waals surface area contributed by atoms with Gasteiger partial charge in [0.05, 0.1) is 18.7 Å². The fourth-order valence-electron chi connectivity index (χ4n) is 2.10. The molecule has 0 unspecified atom stereocenters. The molecule has 1 amide bonds. The van der Waals surface area contributed by atoms with Crippen LogP contribution in [0.15, 0.2) is 12.1 Å². The fourth-order valence-corrected chi connectivity index (χ4v) is 2.36. The largest absolute Gasteiger partial charge is 0.493 e. The Morgan fingerprint density at radius 3 is 2.61 bits per heavy atom. The van der Waals surface area contributed by atoms with Gasteiger partial charge in [-0.05, 0) is 30.9 Å². The Labute approximate surface area is 144 Å². The highest BCUT2D eigenvalue weighted by Crippen LogP contribution is 2.37. The predicted octanol–water partition coefficient (Wildman–Crippen LogP) is 4.65. The van der Waals surface area contributed by atoms with Crippen LogP contribution in [0.3, 0.4) is 0 Å². The molecule has 130 valence electrons. The highest BCUT2D eigenvalue weighted by atomic mass is 35.5. The van der Waals surface area contributed by atoms with Gasteiger partial charge in [0.25, 0.3) is 5.91 Å². The molecule has 0 aliphatic rings. The molecular formula is C18H28ClNO3. The van der Waals surface area contributed by atoms with Crippen molar-refractivity contribution in [2.75, 3.05) is 27.3 Å². The van der Waals surface area contributed by atoms with E-state index in [0.717, 1.165) is 25.8 Å². The zero-order valence-corrected chi connectivity index (χ0v) is 15.6. The molecule has 0 radical (unpaired) electrons. The normalized spacial score (nSPS) is 10.7. The summed E-state index contributed by atoms with van der Waals surface area (Å²) in [6.45, 7) is 7.66. The van der Waals surface area contributed by atoms with Crippen LogP contribution in [0.4, 0.5) is 0 Å². The standard InChI is InChI=1S/C18H28ClNO3/c1-6-7-9-20(4)18(21)14-11-15(19)17(16(12-14)22-5)23-10-8-13(2)3/h11-13H,6-10H2,1-5H3. The van der Waals surface area contributed by atoms with Crippen LogP contribution in [0.1, 0.15) is 50.4 Å². The molecule has 0 saturated carbocycles. The van der Waals surface area contributed by atoms with Crippen molar-refractivity contribution in [3.05, 3.63) is 22.7 Å². The number of amides is 1. The molecule has 0 heterocycles. The molecule has 1 aromatic rings. The number of halogens is 1. The van der Waals surface area contributed by atoms with E-state index in [-0.39, 0.29) is 5.91 Å². The first-order chi connectivity index (χ1) is 10.9. The van der Waals surface area contributed by atoms with Crippen LogP contribution in [-0.4, -0.2) is 38.1 Å². The predicted molar refractivity (Wildman–Crippen MR) is 94.8 cm³/mol. The van der Waals surface area contributed by atoms with Gasteiger partial charge in [-0.1, -0.05) is 38.8 Å². The van der Waals surface area contributed by atoms with Gasteiger partial charge in [-0.2, -0.15) is 0 Å². The zero-order chi connectivity index (χ0) is 17.4. The van der Waals surface area contributed by atoms with E-state index in [1.165, 1.54) is 0 Å². The van der Waals surface area contributed by atoms with E-state index in [4.69, 9.17) is 21.1 Å². The second-order valence-corrected chi connectivity index (χ2v) is 6.51. The number of ether oxygens (including phenoxy) is 2. The third-order valence-corrected chi connectivity index (χ3v) is 3.89. The van der Waals surface area contributed by atoms with Crippen molar-refractivity contribution in [1.82, 2.24) is 4.90 Å². The summed E-state index contributed by atoms with van der Waals surface area (Å²) in [7, 11) is 3.35. The number of methoxy groups -OCH3 is 1. The van der Waals surface area contributed by atoms with Gasteiger partial charge >= 0.3 is 0 Å². The molecule has 0 spiro atoms. The lowest BCUT2D eigenvalue weighted by Crippen LogP contribution is -2.27. The van der Waals surface area contributed by atoms with Crippen molar-refractivity contribution in [2.45, 2.75) is 40.0 Å². The van der Waals surface area contributed by atoms with Crippen LogP contribution in [0.25, 0.3) is 0 Å². The fraction of sp³-hybridized carbons (Fsp3) is 0.611. The lowest BCUT2D eigenvalue weighted by Gasteiger charge is -2.19. The number of carbonyl (C=O) groups excluding carboxylic acids is 1. The molecule has 4 nitrogen and oxygen atoms in total. The van der Waals surface area contributed by atoms with Gasteiger partial charge in [-0.15, -0.1) is 0 Å². The highest BCUT2D eigenvalue weighted by molar-refractivity contribution is 6.32. The van der Waals surface area contributed by atoms with Gasteiger partial charge in [0.1, 0.15) is 0 Å². The summed E-state index contributed by atoms with van der Waals surface area (Å²) in [6.07, 6.45) is 2.95. The number of rotatable bonds is 9. The summed E-state index contributed by atoms with van der Waals surface area (Å²) in [5, 5.41) is 0.403. The molecule has 0 saturated heterocycles. The van der Waals surface area contributed by atoms with Crippen molar-refractivity contribution in [3.8, 4) is 11.5 Å². The highest BCUT2D eigenvalue weighted by Gasteiger charge is 2.18. The third kappa shape index (κ3) is 5.94. The third-order valence-electron chi connectivity index (χ3n) is 3.61. The monoisotopic (exact) mass is 341 g/mol. The Morgan fingerprint density at radius 1 is 1.35 bits per heavy atom. The summed E-state index contributed by atoms with van der Waals surface area (Å²) >= 11 is 6.31. The Morgan fingerprint density at radius 2 is 2.04 bits per heavy atom. The lowest BCUT2D eigenvalue weighted by molar-refractivity contribution is 0.0793. The molecule has 0 aliphatic heterocycles. The van der Waals surface area contributed by atoms with Crippen LogP contribution in [-0.2, 0) is 0 Å². The number of nitrogens with zero attached hydrogens (tertiary/aromatic N) is 1. The molecule has 0 aromatic heterocycles. The average molecular weight is 342 g/mol. The first-order valence-corrected chi connectivity index (χ1v) is 8.54. The van der Waals surface area contributed by atoms with Crippen molar-refractivity contribution >= 4 is 17.5 Å². The number of carbonyl (C=O) groups is 1. The molecule has 0 fully saturated rings. The topological polar surface area (TPSA) is 38.8 Å². The number of hydrogen-bond acceptors (Lipinski definition) is 3. The van der Waals surface area contributed by atoms with Crippen molar-refractivity contribution in [2.24, 2.45) is 5.92 Å². The van der Waals surface area contributed by atoms with E-state index >= 15 is 0 Å². The van der Waals surface area contributed by atoms with E-state index in [1.54, 1.807) is 31.2 Å². The van der Waals surface area contributed by atoms with Gasteiger partial charge in [-0.25, -0.2) is 0 Å². The minimum Gasteiger partial charge on any atom is -0.493 e. The average Bonchev–Trinajstić information content (AvgIpc) is 2.52. The molecule has 23 heavy (non-hydrogen) atoms. The minimum atomic E-state index is -0.0626. The smallest absolute Gasteiger partial charge is 0.253 e. The molecule has 1 rings (SSSR count). The summed E-state index contributed by atoms with van der Waals surface area (Å²) in [5.74, 6) is 1.48. The van der Waals surface area contributed by atoms with E-state index in [0.29, 0.717) is 34.6 Å². The minimum absolute atomic E-state index is 0.0626. The molecule has 0 N–H and O–H groups in total. The van der Waals surface area contributed by atoms with Crippen molar-refractivity contribution in [3.63, 3.8) is 0 Å². The second-order valence-electron chi connectivity index (χ2n) is 6.10. The number of hydrogen-bond donors (Lipinski definition) is 0. The maximum atomic E-state index is 12.5. The Balaban J connectivity index is 2.92. The van der Waals surface area contributed by atoms with E-state index in [9.17, 15) is 4.79 Å². The summed E-state index contributed by atoms with van der Waals surface area (Å²) in [4.78, 5) is 14.2. The first-order valence-electron chi connectivity index (χ1n) is 8.16. The molecular weight excluding hydrogens is 314 g/mol. The van der Waals surface area contributed by atoms with Crippen LogP contribution in [0.5, 0.6) is 11.5 Å². The summed E-state index contributed by atoms with van der Waals surface area (Å²) in [6, 6.07) is 3.35. The van der Waals surface area contributed by atoms with Crippen molar-refractivity contribution in [1.29, 1.82) is 0 Å². The maximum absolute atomic E-state index is 12.5. The van der Waals surface area contributed by atoms with Gasteiger partial charge in [0, 0.05) is 19.2 Å². The quantitative estimate of drug-likeness (QED) is 0.656. The molecule has 0 aliphatic carbocycles. The van der Waals surface area contributed by atoms with Crippen LogP contribution in [0.2, 0.25) is 5.02 Å². The Bertz CT molecular complexity index is 517. The Hall–Kier alpha value is -1.42. The summed E-state index contributed by atoms with van der Waals surface area (Å²) in [5.41, 5.74) is 0.515.